The van der Waals surface area contributed by atoms with Crippen LogP contribution in [-0.2, 0) is 9.53 Å². The lowest BCUT2D eigenvalue weighted by Gasteiger charge is -2.34. The Balaban J connectivity index is 1.38. The number of carboxylic acid groups (broad SMARTS) is 1. The van der Waals surface area contributed by atoms with Crippen LogP contribution in [0.2, 0.25) is 0 Å². The first-order chi connectivity index (χ1) is 17.3. The molecule has 11 nitrogen and oxygen atoms in total. The van der Waals surface area contributed by atoms with E-state index in [1.165, 1.54) is 21.6 Å². The van der Waals surface area contributed by atoms with Crippen molar-refractivity contribution in [1.82, 2.24) is 24.4 Å². The van der Waals surface area contributed by atoms with Gasteiger partial charge >= 0.3 is 5.97 Å². The Morgan fingerprint density at radius 3 is 2.72 bits per heavy atom. The van der Waals surface area contributed by atoms with E-state index < -0.39 is 29.9 Å². The summed E-state index contributed by atoms with van der Waals surface area (Å²) in [7, 11) is 0. The van der Waals surface area contributed by atoms with Gasteiger partial charge in [-0.3, -0.25) is 14.3 Å². The molecule has 192 valence electrons. The molecule has 0 radical (unpaired) electrons. The van der Waals surface area contributed by atoms with Crippen molar-refractivity contribution in [3.63, 3.8) is 0 Å². The first-order valence-corrected chi connectivity index (χ1v) is 11.9. The molecule has 1 aliphatic heterocycles. The maximum absolute atomic E-state index is 13.8. The number of nitrogens with one attached hydrogen (secondary N) is 1. The van der Waals surface area contributed by atoms with E-state index in [0.29, 0.717) is 56.9 Å². The SMILES string of the molecule is C[C@@H]1COCCN1c1ccn2ncc(C(=O)Nc3cn(C4CCC(C(=O)O)CC4)nc3C(F)F)c2n1. The summed E-state index contributed by atoms with van der Waals surface area (Å²) >= 11 is 0. The summed E-state index contributed by atoms with van der Waals surface area (Å²) in [5.41, 5.74) is -0.169. The highest BCUT2D eigenvalue weighted by molar-refractivity contribution is 6.08. The minimum atomic E-state index is -2.90. The van der Waals surface area contributed by atoms with E-state index in [1.807, 2.05) is 13.0 Å². The summed E-state index contributed by atoms with van der Waals surface area (Å²) in [5, 5.41) is 20.0. The molecule has 1 aliphatic carbocycles. The molecule has 5 rings (SSSR count). The van der Waals surface area contributed by atoms with Crippen molar-refractivity contribution in [2.75, 3.05) is 30.0 Å². The van der Waals surface area contributed by atoms with Crippen LogP contribution in [0.15, 0.2) is 24.7 Å². The number of fused-ring (bicyclic) bond motifs is 1. The molecule has 36 heavy (non-hydrogen) atoms. The lowest BCUT2D eigenvalue weighted by atomic mass is 9.86. The number of carboxylic acids is 1. The largest absolute Gasteiger partial charge is 0.481 e. The van der Waals surface area contributed by atoms with Crippen LogP contribution in [0.4, 0.5) is 20.3 Å². The van der Waals surface area contributed by atoms with E-state index in [9.17, 15) is 23.5 Å². The van der Waals surface area contributed by atoms with Crippen LogP contribution < -0.4 is 10.2 Å². The quantitative estimate of drug-likeness (QED) is 0.525. The molecule has 0 unspecified atom stereocenters. The third-order valence-electron chi connectivity index (χ3n) is 6.90. The zero-order chi connectivity index (χ0) is 25.4. The average Bonchev–Trinajstić information content (AvgIpc) is 3.48. The Kier molecular flexibility index (Phi) is 6.56. The smallest absolute Gasteiger partial charge is 0.306 e. The van der Waals surface area contributed by atoms with E-state index in [0.717, 1.165) is 0 Å². The van der Waals surface area contributed by atoms with E-state index in [-0.39, 0.29) is 23.3 Å². The van der Waals surface area contributed by atoms with Crippen LogP contribution >= 0.6 is 0 Å². The lowest BCUT2D eigenvalue weighted by Crippen LogP contribution is -2.44. The predicted molar refractivity (Wildman–Crippen MR) is 124 cm³/mol. The number of hydrogen-bond acceptors (Lipinski definition) is 7. The number of alkyl halides is 2. The molecule has 2 fully saturated rings. The molecule has 3 aromatic heterocycles. The van der Waals surface area contributed by atoms with Crippen molar-refractivity contribution in [3.8, 4) is 0 Å². The molecule has 4 heterocycles. The van der Waals surface area contributed by atoms with Gasteiger partial charge in [0.1, 0.15) is 11.4 Å². The van der Waals surface area contributed by atoms with Gasteiger partial charge in [-0.05, 0) is 38.7 Å². The normalized spacial score (nSPS) is 22.8. The Bertz CT molecular complexity index is 1270. The molecule has 1 atom stereocenters. The molecular weight excluding hydrogens is 476 g/mol. The molecule has 1 amide bonds. The minimum absolute atomic E-state index is 0.0901. The summed E-state index contributed by atoms with van der Waals surface area (Å²) < 4.78 is 35.9. The molecule has 0 aromatic carbocycles. The van der Waals surface area contributed by atoms with E-state index >= 15 is 0 Å². The maximum Gasteiger partial charge on any atom is 0.306 e. The van der Waals surface area contributed by atoms with Crippen LogP contribution in [0.3, 0.4) is 0 Å². The summed E-state index contributed by atoms with van der Waals surface area (Å²) in [6, 6.07) is 1.71. The summed E-state index contributed by atoms with van der Waals surface area (Å²) in [6.07, 6.45) is 3.47. The standard InChI is InChI=1S/C23H27F2N7O4/c1-13-12-36-9-8-30(13)18-6-7-31-21(28-18)16(10-26-31)22(33)27-17-11-32(29-19(17)20(24)25)15-4-2-14(3-5-15)23(34)35/h6-7,10-11,13-15,20H,2-5,8-9,12H2,1H3,(H,27,33)(H,34,35)/t13-,14?,15?/m1/s1. The number of aliphatic carboxylic acids is 1. The number of carbonyl (C=O) groups is 2. The molecule has 13 heteroatoms. The van der Waals surface area contributed by atoms with E-state index in [1.54, 1.807) is 6.20 Å². The van der Waals surface area contributed by atoms with Crippen molar-refractivity contribution >= 4 is 29.0 Å². The number of rotatable bonds is 6. The monoisotopic (exact) mass is 503 g/mol. The first kappa shape index (κ1) is 24.1. The highest BCUT2D eigenvalue weighted by atomic mass is 19.3. The Labute approximate surface area is 205 Å². The van der Waals surface area contributed by atoms with Gasteiger partial charge in [0.05, 0.1) is 43.1 Å². The Morgan fingerprint density at radius 1 is 1.25 bits per heavy atom. The number of aromatic nitrogens is 5. The van der Waals surface area contributed by atoms with Gasteiger partial charge in [0.2, 0.25) is 0 Å². The fourth-order valence-electron chi connectivity index (χ4n) is 4.87. The zero-order valence-electron chi connectivity index (χ0n) is 19.7. The second kappa shape index (κ2) is 9.80. The van der Waals surface area contributed by atoms with Crippen molar-refractivity contribution < 1.29 is 28.2 Å². The van der Waals surface area contributed by atoms with Crippen LogP contribution in [0, 0.1) is 5.92 Å². The molecule has 1 saturated carbocycles. The zero-order valence-corrected chi connectivity index (χ0v) is 19.7. The third-order valence-corrected chi connectivity index (χ3v) is 6.90. The fourth-order valence-corrected chi connectivity index (χ4v) is 4.87. The number of morpholine rings is 1. The minimum Gasteiger partial charge on any atom is -0.481 e. The van der Waals surface area contributed by atoms with Crippen LogP contribution in [0.1, 0.15) is 61.1 Å². The van der Waals surface area contributed by atoms with Crippen molar-refractivity contribution in [3.05, 3.63) is 35.9 Å². The van der Waals surface area contributed by atoms with Gasteiger partial charge < -0.3 is 20.1 Å². The lowest BCUT2D eigenvalue weighted by molar-refractivity contribution is -0.143. The van der Waals surface area contributed by atoms with Crippen molar-refractivity contribution in [2.45, 2.75) is 51.1 Å². The highest BCUT2D eigenvalue weighted by Gasteiger charge is 2.30. The second-order valence-corrected chi connectivity index (χ2v) is 9.24. The topological polar surface area (TPSA) is 127 Å². The molecule has 2 aliphatic rings. The summed E-state index contributed by atoms with van der Waals surface area (Å²) in [4.78, 5) is 31.0. The number of nitrogens with zero attached hydrogens (tertiary/aromatic N) is 6. The van der Waals surface area contributed by atoms with Gasteiger partial charge in [-0.1, -0.05) is 0 Å². The number of anilines is 2. The van der Waals surface area contributed by atoms with E-state index in [4.69, 9.17) is 4.74 Å². The number of ether oxygens (including phenoxy) is 1. The van der Waals surface area contributed by atoms with Crippen LogP contribution in [-0.4, -0.2) is 67.2 Å². The number of hydrogen-bond donors (Lipinski definition) is 2. The van der Waals surface area contributed by atoms with Gasteiger partial charge in [-0.2, -0.15) is 10.2 Å². The van der Waals surface area contributed by atoms with Gasteiger partial charge in [0, 0.05) is 18.9 Å². The van der Waals surface area contributed by atoms with Crippen LogP contribution in [0.5, 0.6) is 0 Å². The van der Waals surface area contributed by atoms with Gasteiger partial charge in [-0.15, -0.1) is 0 Å². The average molecular weight is 504 g/mol. The van der Waals surface area contributed by atoms with Crippen LogP contribution in [0.25, 0.3) is 5.65 Å². The van der Waals surface area contributed by atoms with Gasteiger partial charge in [-0.25, -0.2) is 18.3 Å². The third kappa shape index (κ3) is 4.62. The van der Waals surface area contributed by atoms with Gasteiger partial charge in [0.25, 0.3) is 12.3 Å². The molecule has 3 aromatic rings. The van der Waals surface area contributed by atoms with Gasteiger partial charge in [0.15, 0.2) is 11.3 Å². The second-order valence-electron chi connectivity index (χ2n) is 9.24. The molecule has 2 N–H and O–H groups in total. The maximum atomic E-state index is 13.8. The molecular formula is C23H27F2N7O4. The predicted octanol–water partition coefficient (Wildman–Crippen LogP) is 3.16. The fraction of sp³-hybridized carbons (Fsp3) is 0.522. The van der Waals surface area contributed by atoms with Crippen molar-refractivity contribution in [2.24, 2.45) is 5.92 Å². The number of halogens is 2. The number of amides is 1. The summed E-state index contributed by atoms with van der Waals surface area (Å²) in [5.74, 6) is -1.23. The first-order valence-electron chi connectivity index (χ1n) is 11.9. The highest BCUT2D eigenvalue weighted by Crippen LogP contribution is 2.35. The Morgan fingerprint density at radius 2 is 2.03 bits per heavy atom. The molecule has 1 saturated heterocycles. The molecule has 0 bridgehead atoms. The summed E-state index contributed by atoms with van der Waals surface area (Å²) in [6.45, 7) is 3.82. The molecule has 0 spiro atoms. The van der Waals surface area contributed by atoms with E-state index in [2.05, 4.69) is 25.4 Å². The van der Waals surface area contributed by atoms with Crippen molar-refractivity contribution in [1.29, 1.82) is 0 Å². The Hall–Kier alpha value is -3.61. The number of carbonyl (C=O) groups excluding carboxylic acids is 1.